The van der Waals surface area contributed by atoms with Crippen LogP contribution in [0, 0.1) is 13.8 Å². The van der Waals surface area contributed by atoms with E-state index in [2.05, 4.69) is 0 Å². The van der Waals surface area contributed by atoms with E-state index < -0.39 is 21.6 Å². The van der Waals surface area contributed by atoms with Crippen molar-refractivity contribution in [1.82, 2.24) is 0 Å². The average Bonchev–Trinajstić information content (AvgIpc) is 2.62. The van der Waals surface area contributed by atoms with E-state index in [1.807, 2.05) is 80.6 Å². The predicted octanol–water partition coefficient (Wildman–Crippen LogP) is 4.64. The Morgan fingerprint density at radius 2 is 0.917 bits per heavy atom. The van der Waals surface area contributed by atoms with Crippen LogP contribution in [0.15, 0.2) is 92.4 Å². The van der Waals surface area contributed by atoms with E-state index in [-0.39, 0.29) is 0 Å². The Hall–Kier alpha value is -2.04. The van der Waals surface area contributed by atoms with Gasteiger partial charge in [-0.3, -0.25) is 0 Å². The van der Waals surface area contributed by atoms with Gasteiger partial charge in [-0.05, 0) is 56.3 Å². The molecule has 2 nitrogen and oxygen atoms in total. The summed E-state index contributed by atoms with van der Waals surface area (Å²) in [7, 11) is -2.55. The van der Waals surface area contributed by atoms with E-state index in [0.717, 1.165) is 20.9 Å². The van der Waals surface area contributed by atoms with Gasteiger partial charge in [-0.15, -0.1) is 0 Å². The molecule has 3 aromatic rings. The van der Waals surface area contributed by atoms with Crippen molar-refractivity contribution in [2.45, 2.75) is 33.4 Å². The Bertz CT molecular complexity index is 825. The van der Waals surface area contributed by atoms with E-state index in [9.17, 15) is 8.42 Å². The molecule has 3 aromatic carbocycles. The predicted molar refractivity (Wildman–Crippen MR) is 98.1 cm³/mol. The fraction of sp³-hybridized carbons (Fsp3) is 0.100. The largest absolute Gasteiger partial charge is 0.249 e. The van der Waals surface area contributed by atoms with Gasteiger partial charge >= 0.3 is 0 Å². The van der Waals surface area contributed by atoms with E-state index in [1.165, 1.54) is 0 Å². The molecule has 0 fully saturated rings. The van der Waals surface area contributed by atoms with Crippen LogP contribution in [0.5, 0.6) is 0 Å². The van der Waals surface area contributed by atoms with Gasteiger partial charge < -0.3 is 0 Å². The lowest BCUT2D eigenvalue weighted by Crippen LogP contribution is -1.97. The molecule has 0 saturated heterocycles. The van der Waals surface area contributed by atoms with Gasteiger partial charge in [0.05, 0.1) is 21.6 Å². The van der Waals surface area contributed by atoms with Crippen LogP contribution < -0.4 is 0 Å². The van der Waals surface area contributed by atoms with Gasteiger partial charge in [0.1, 0.15) is 0 Å². The number of benzene rings is 3. The molecular weight excluding hydrogens is 336 g/mol. The zero-order valence-corrected chi connectivity index (χ0v) is 15.2. The lowest BCUT2D eigenvalue weighted by molar-refractivity contribution is 0.681. The normalized spacial score (nSPS) is 13.4. The lowest BCUT2D eigenvalue weighted by atomic mass is 10.2. The first-order valence-corrected chi connectivity index (χ1v) is 9.91. The van der Waals surface area contributed by atoms with Crippen molar-refractivity contribution < 1.29 is 8.42 Å². The highest BCUT2D eigenvalue weighted by atomic mass is 32.2. The van der Waals surface area contributed by atoms with Gasteiger partial charge in [-0.25, -0.2) is 8.42 Å². The quantitative estimate of drug-likeness (QED) is 0.684. The molecule has 0 bridgehead atoms. The third-order valence-corrected chi connectivity index (χ3v) is 6.47. The van der Waals surface area contributed by atoms with Crippen LogP contribution in [0.1, 0.15) is 11.1 Å². The lowest BCUT2D eigenvalue weighted by Gasteiger charge is -2.07. The molecule has 0 aliphatic carbocycles. The second-order valence-electron chi connectivity index (χ2n) is 5.64. The Kier molecular flexibility index (Phi) is 5.07. The van der Waals surface area contributed by atoms with Crippen molar-refractivity contribution in [3.8, 4) is 0 Å². The molecule has 0 N–H and O–H groups in total. The SMILES string of the molecule is Cc1ccc(S(=O)c2cccc(S(=O)c3ccc(C)cc3)c2)cc1. The Balaban J connectivity index is 1.91. The minimum Gasteiger partial charge on any atom is -0.249 e. The average molecular weight is 354 g/mol. The molecule has 2 atom stereocenters. The first kappa shape index (κ1) is 16.8. The summed E-state index contributed by atoms with van der Waals surface area (Å²) in [5.74, 6) is 0. The Labute approximate surface area is 147 Å². The molecule has 24 heavy (non-hydrogen) atoms. The zero-order valence-electron chi connectivity index (χ0n) is 13.6. The second-order valence-corrected chi connectivity index (χ2v) is 8.60. The minimum absolute atomic E-state index is 0.664. The molecule has 0 spiro atoms. The highest BCUT2D eigenvalue weighted by molar-refractivity contribution is 7.86. The van der Waals surface area contributed by atoms with Crippen molar-refractivity contribution >= 4 is 21.6 Å². The maximum Gasteiger partial charge on any atom is 0.0849 e. The maximum atomic E-state index is 12.7. The van der Waals surface area contributed by atoms with Gasteiger partial charge in [-0.2, -0.15) is 0 Å². The van der Waals surface area contributed by atoms with Gasteiger partial charge in [0.25, 0.3) is 0 Å². The third kappa shape index (κ3) is 3.71. The van der Waals surface area contributed by atoms with Crippen LogP contribution in [-0.2, 0) is 21.6 Å². The summed E-state index contributed by atoms with van der Waals surface area (Å²) < 4.78 is 25.5. The van der Waals surface area contributed by atoms with Crippen molar-refractivity contribution in [3.63, 3.8) is 0 Å². The van der Waals surface area contributed by atoms with Gasteiger partial charge in [-0.1, -0.05) is 41.5 Å². The number of hydrogen-bond donors (Lipinski definition) is 0. The molecule has 0 saturated carbocycles. The van der Waals surface area contributed by atoms with Crippen molar-refractivity contribution in [2.24, 2.45) is 0 Å². The summed E-state index contributed by atoms with van der Waals surface area (Å²) in [5.41, 5.74) is 2.26. The molecule has 2 unspecified atom stereocenters. The summed E-state index contributed by atoms with van der Waals surface area (Å²) in [6.07, 6.45) is 0. The van der Waals surface area contributed by atoms with E-state index >= 15 is 0 Å². The van der Waals surface area contributed by atoms with Crippen LogP contribution in [0.25, 0.3) is 0 Å². The van der Waals surface area contributed by atoms with Crippen molar-refractivity contribution in [3.05, 3.63) is 83.9 Å². The Morgan fingerprint density at radius 1 is 0.542 bits per heavy atom. The van der Waals surface area contributed by atoms with E-state index in [0.29, 0.717) is 9.79 Å². The number of hydrogen-bond acceptors (Lipinski definition) is 2. The first-order valence-electron chi connectivity index (χ1n) is 7.61. The molecule has 4 heteroatoms. The van der Waals surface area contributed by atoms with Crippen LogP contribution in [0.3, 0.4) is 0 Å². The number of aryl methyl sites for hydroxylation is 2. The highest BCUT2D eigenvalue weighted by Gasteiger charge is 2.12. The number of rotatable bonds is 4. The minimum atomic E-state index is -1.28. The molecule has 0 radical (unpaired) electrons. The van der Waals surface area contributed by atoms with Crippen molar-refractivity contribution in [1.29, 1.82) is 0 Å². The van der Waals surface area contributed by atoms with Crippen LogP contribution in [0.4, 0.5) is 0 Å². The van der Waals surface area contributed by atoms with Gasteiger partial charge in [0.2, 0.25) is 0 Å². The summed E-state index contributed by atoms with van der Waals surface area (Å²) in [5, 5.41) is 0. The second kappa shape index (κ2) is 7.24. The van der Waals surface area contributed by atoms with E-state index in [1.54, 1.807) is 6.07 Å². The molecule has 0 aliphatic rings. The molecule has 0 heterocycles. The van der Waals surface area contributed by atoms with Crippen molar-refractivity contribution in [2.75, 3.05) is 0 Å². The summed E-state index contributed by atoms with van der Waals surface area (Å²) in [6, 6.07) is 22.5. The standard InChI is InChI=1S/C20H18O2S2/c1-15-6-10-17(11-7-15)23(21)19-4-3-5-20(14-19)24(22)18-12-8-16(2)9-13-18/h3-14H,1-2H3. The zero-order chi connectivity index (χ0) is 17.1. The topological polar surface area (TPSA) is 34.1 Å². The molecule has 0 aromatic heterocycles. The maximum absolute atomic E-state index is 12.7. The summed E-state index contributed by atoms with van der Waals surface area (Å²) in [4.78, 5) is 2.83. The van der Waals surface area contributed by atoms with Crippen LogP contribution >= 0.6 is 0 Å². The van der Waals surface area contributed by atoms with Crippen LogP contribution in [-0.4, -0.2) is 8.42 Å². The smallest absolute Gasteiger partial charge is 0.0849 e. The highest BCUT2D eigenvalue weighted by Crippen LogP contribution is 2.22. The molecule has 122 valence electrons. The molecule has 0 amide bonds. The third-order valence-electron chi connectivity index (χ3n) is 3.70. The molecule has 0 aliphatic heterocycles. The summed E-state index contributed by atoms with van der Waals surface area (Å²) in [6.45, 7) is 4.00. The fourth-order valence-corrected chi connectivity index (χ4v) is 4.56. The molecule has 3 rings (SSSR count). The monoisotopic (exact) mass is 354 g/mol. The molecular formula is C20H18O2S2. The van der Waals surface area contributed by atoms with Gasteiger partial charge in [0, 0.05) is 19.6 Å². The Morgan fingerprint density at radius 3 is 1.29 bits per heavy atom. The van der Waals surface area contributed by atoms with Crippen LogP contribution in [0.2, 0.25) is 0 Å². The first-order chi connectivity index (χ1) is 11.5. The van der Waals surface area contributed by atoms with E-state index in [4.69, 9.17) is 0 Å². The summed E-state index contributed by atoms with van der Waals surface area (Å²) >= 11 is 0. The fourth-order valence-electron chi connectivity index (χ4n) is 2.30. The van der Waals surface area contributed by atoms with Gasteiger partial charge in [0.15, 0.2) is 0 Å².